The van der Waals surface area contributed by atoms with Crippen molar-refractivity contribution in [1.29, 1.82) is 0 Å². The SMILES string of the molecule is OC(CBr)C[n+]1cc(Br)cc2ccccc21.[Br-]. The topological polar surface area (TPSA) is 24.1 Å². The van der Waals surface area contributed by atoms with E-state index < -0.39 is 0 Å². The number of aliphatic hydroxyl groups excluding tert-OH is 1. The number of aromatic nitrogens is 1. The summed E-state index contributed by atoms with van der Waals surface area (Å²) in [5.74, 6) is 0. The van der Waals surface area contributed by atoms with E-state index in [0.29, 0.717) is 11.9 Å². The fourth-order valence-electron chi connectivity index (χ4n) is 1.70. The van der Waals surface area contributed by atoms with Gasteiger partial charge in [-0.15, -0.1) is 0 Å². The Morgan fingerprint density at radius 3 is 2.71 bits per heavy atom. The van der Waals surface area contributed by atoms with Crippen molar-refractivity contribution in [1.82, 2.24) is 0 Å². The normalized spacial score (nSPS) is 12.2. The van der Waals surface area contributed by atoms with Gasteiger partial charge >= 0.3 is 0 Å². The highest BCUT2D eigenvalue weighted by Gasteiger charge is 2.14. The fraction of sp³-hybridized carbons (Fsp3) is 0.250. The monoisotopic (exact) mass is 423 g/mol. The highest BCUT2D eigenvalue weighted by Crippen LogP contribution is 2.15. The maximum absolute atomic E-state index is 9.68. The van der Waals surface area contributed by atoms with E-state index in [9.17, 15) is 5.11 Å². The van der Waals surface area contributed by atoms with E-state index in [4.69, 9.17) is 0 Å². The molecular weight excluding hydrogens is 414 g/mol. The Balaban J connectivity index is 0.00000144. The molecule has 1 unspecified atom stereocenters. The van der Waals surface area contributed by atoms with E-state index in [0.717, 1.165) is 9.99 Å². The number of fused-ring (bicyclic) bond motifs is 1. The van der Waals surface area contributed by atoms with E-state index >= 15 is 0 Å². The maximum atomic E-state index is 9.68. The molecule has 0 saturated heterocycles. The highest BCUT2D eigenvalue weighted by atomic mass is 79.9. The van der Waals surface area contributed by atoms with Gasteiger partial charge in [0.05, 0.1) is 4.47 Å². The maximum Gasteiger partial charge on any atom is 0.212 e. The second kappa shape index (κ2) is 6.83. The smallest absolute Gasteiger partial charge is 0.212 e. The van der Waals surface area contributed by atoms with Crippen LogP contribution in [0.5, 0.6) is 0 Å². The third-order valence-electron chi connectivity index (χ3n) is 2.40. The lowest BCUT2D eigenvalue weighted by atomic mass is 10.2. The summed E-state index contributed by atoms with van der Waals surface area (Å²) in [5.41, 5.74) is 1.13. The van der Waals surface area contributed by atoms with Gasteiger partial charge in [-0.05, 0) is 28.1 Å². The van der Waals surface area contributed by atoms with Crippen molar-refractivity contribution in [3.8, 4) is 0 Å². The van der Waals surface area contributed by atoms with Crippen molar-refractivity contribution in [2.75, 3.05) is 5.33 Å². The van der Waals surface area contributed by atoms with Crippen molar-refractivity contribution in [3.05, 3.63) is 41.0 Å². The van der Waals surface area contributed by atoms with E-state index in [1.165, 1.54) is 5.39 Å². The van der Waals surface area contributed by atoms with Gasteiger partial charge in [0, 0.05) is 16.8 Å². The summed E-state index contributed by atoms with van der Waals surface area (Å²) in [6.07, 6.45) is 1.62. The largest absolute Gasteiger partial charge is 1.00 e. The number of rotatable bonds is 3. The van der Waals surface area contributed by atoms with Crippen LogP contribution in [0.3, 0.4) is 0 Å². The Labute approximate surface area is 128 Å². The molecule has 1 heterocycles. The molecule has 0 aliphatic heterocycles. The first kappa shape index (κ1) is 15.1. The number of alkyl halides is 1. The van der Waals surface area contributed by atoms with Crippen LogP contribution in [0.4, 0.5) is 0 Å². The van der Waals surface area contributed by atoms with Gasteiger partial charge in [0.2, 0.25) is 5.52 Å². The van der Waals surface area contributed by atoms with E-state index in [1.54, 1.807) is 0 Å². The Kier molecular flexibility index (Phi) is 6.06. The zero-order chi connectivity index (χ0) is 11.5. The zero-order valence-corrected chi connectivity index (χ0v) is 13.7. The third kappa shape index (κ3) is 3.74. The summed E-state index contributed by atoms with van der Waals surface area (Å²) in [4.78, 5) is 0. The van der Waals surface area contributed by atoms with Crippen LogP contribution in [0.1, 0.15) is 0 Å². The van der Waals surface area contributed by atoms with Crippen molar-refractivity contribution in [2.45, 2.75) is 12.6 Å². The minimum absolute atomic E-state index is 0. The molecule has 0 spiro atoms. The van der Waals surface area contributed by atoms with Crippen LogP contribution in [0.2, 0.25) is 0 Å². The highest BCUT2D eigenvalue weighted by molar-refractivity contribution is 9.10. The molecule has 92 valence electrons. The molecule has 2 rings (SSSR count). The Morgan fingerprint density at radius 2 is 2.00 bits per heavy atom. The average Bonchev–Trinajstić information content (AvgIpc) is 2.28. The number of nitrogens with zero attached hydrogens (tertiary/aromatic N) is 1. The average molecular weight is 426 g/mol. The van der Waals surface area contributed by atoms with Gasteiger partial charge in [-0.25, -0.2) is 0 Å². The van der Waals surface area contributed by atoms with Crippen molar-refractivity contribution < 1.29 is 26.7 Å². The molecule has 1 N–H and O–H groups in total. The zero-order valence-electron chi connectivity index (χ0n) is 8.98. The van der Waals surface area contributed by atoms with Gasteiger partial charge in [-0.3, -0.25) is 0 Å². The molecule has 2 aromatic rings. The summed E-state index contributed by atoms with van der Waals surface area (Å²) in [5, 5.41) is 11.4. The van der Waals surface area contributed by atoms with Gasteiger partial charge in [0.1, 0.15) is 6.10 Å². The lowest BCUT2D eigenvalue weighted by molar-refractivity contribution is -0.678. The molecule has 1 aromatic heterocycles. The van der Waals surface area contributed by atoms with Crippen molar-refractivity contribution in [2.24, 2.45) is 0 Å². The number of aliphatic hydroxyl groups is 1. The first-order chi connectivity index (χ1) is 7.70. The predicted molar refractivity (Wildman–Crippen MR) is 71.6 cm³/mol. The molecule has 0 saturated carbocycles. The van der Waals surface area contributed by atoms with Gasteiger partial charge < -0.3 is 22.1 Å². The first-order valence-electron chi connectivity index (χ1n) is 5.02. The van der Waals surface area contributed by atoms with E-state index in [1.807, 2.05) is 18.3 Å². The van der Waals surface area contributed by atoms with Crippen molar-refractivity contribution >= 4 is 42.8 Å². The Bertz CT molecular complexity index is 504. The van der Waals surface area contributed by atoms with E-state index in [-0.39, 0.29) is 23.1 Å². The molecule has 2 nitrogen and oxygen atoms in total. The molecule has 0 fully saturated rings. The molecular formula is C12H12Br3NO. The third-order valence-corrected chi connectivity index (χ3v) is 3.59. The summed E-state index contributed by atoms with van der Waals surface area (Å²) >= 11 is 6.76. The lowest BCUT2D eigenvalue weighted by Gasteiger charge is -2.05. The second-order valence-electron chi connectivity index (χ2n) is 3.68. The fourth-order valence-corrected chi connectivity index (χ4v) is 2.40. The Hall–Kier alpha value is 0.0300. The molecule has 0 bridgehead atoms. The van der Waals surface area contributed by atoms with Gasteiger partial charge in [-0.2, -0.15) is 4.57 Å². The van der Waals surface area contributed by atoms with Crippen LogP contribution in [0.25, 0.3) is 10.9 Å². The minimum atomic E-state index is -0.372. The van der Waals surface area contributed by atoms with Crippen LogP contribution in [0.15, 0.2) is 41.0 Å². The molecule has 5 heteroatoms. The standard InChI is InChI=1S/C12H12Br2NO.BrH/c13-6-11(16)8-15-7-10(14)5-9-3-1-2-4-12(9)15;/h1-5,7,11,16H,6,8H2;1H/q+1;/p-1. The van der Waals surface area contributed by atoms with Crippen molar-refractivity contribution in [3.63, 3.8) is 0 Å². The summed E-state index contributed by atoms with van der Waals surface area (Å²) in [6, 6.07) is 10.2. The summed E-state index contributed by atoms with van der Waals surface area (Å²) in [7, 11) is 0. The molecule has 1 aromatic carbocycles. The van der Waals surface area contributed by atoms with Crippen LogP contribution in [-0.4, -0.2) is 16.5 Å². The van der Waals surface area contributed by atoms with Crippen LogP contribution in [0, 0.1) is 0 Å². The predicted octanol–water partition coefficient (Wildman–Crippen LogP) is -0.350. The number of benzene rings is 1. The lowest BCUT2D eigenvalue weighted by Crippen LogP contribution is -3.00. The van der Waals surface area contributed by atoms with Crippen LogP contribution < -0.4 is 21.5 Å². The summed E-state index contributed by atoms with van der Waals surface area (Å²) in [6.45, 7) is 0.588. The number of pyridine rings is 1. The first-order valence-corrected chi connectivity index (χ1v) is 6.94. The number of hydrogen-bond acceptors (Lipinski definition) is 1. The molecule has 0 amide bonds. The molecule has 0 aliphatic rings. The molecule has 0 aliphatic carbocycles. The number of para-hydroxylation sites is 1. The molecule has 1 atom stereocenters. The molecule has 0 radical (unpaired) electrons. The van der Waals surface area contributed by atoms with Gasteiger partial charge in [-0.1, -0.05) is 28.1 Å². The van der Waals surface area contributed by atoms with Gasteiger partial charge in [0.15, 0.2) is 12.7 Å². The Morgan fingerprint density at radius 1 is 1.29 bits per heavy atom. The number of halogens is 3. The molecule has 17 heavy (non-hydrogen) atoms. The van der Waals surface area contributed by atoms with Gasteiger partial charge in [0.25, 0.3) is 0 Å². The second-order valence-corrected chi connectivity index (χ2v) is 5.24. The van der Waals surface area contributed by atoms with E-state index in [2.05, 4.69) is 54.6 Å². The quantitative estimate of drug-likeness (QED) is 0.527. The summed E-state index contributed by atoms with van der Waals surface area (Å²) < 4.78 is 3.08. The number of hydrogen-bond donors (Lipinski definition) is 1. The minimum Gasteiger partial charge on any atom is -1.00 e. The van der Waals surface area contributed by atoms with Crippen LogP contribution >= 0.6 is 31.9 Å². The van der Waals surface area contributed by atoms with Crippen LogP contribution in [-0.2, 0) is 6.54 Å².